The number of nitrogens with one attached hydrogen (secondary N) is 1. The highest BCUT2D eigenvalue weighted by Gasteiger charge is 2.24. The maximum absolute atomic E-state index is 12.9. The third-order valence-corrected chi connectivity index (χ3v) is 6.27. The monoisotopic (exact) mass is 435 g/mol. The highest BCUT2D eigenvalue weighted by Crippen LogP contribution is 2.20. The van der Waals surface area contributed by atoms with Crippen molar-refractivity contribution in [3.05, 3.63) is 53.8 Å². The molecule has 0 unspecified atom stereocenters. The van der Waals surface area contributed by atoms with E-state index in [1.807, 2.05) is 0 Å². The van der Waals surface area contributed by atoms with E-state index in [-0.39, 0.29) is 23.8 Å². The third kappa shape index (κ3) is 4.99. The zero-order valence-electron chi connectivity index (χ0n) is 16.6. The number of benzene rings is 2. The molecular formula is C19H22FN5O4S. The topological polar surface area (TPSA) is 106 Å². The molecule has 1 amide bonds. The molecule has 1 N–H and O–H groups in total. The molecule has 0 spiro atoms. The number of hydrogen-bond acceptors (Lipinski definition) is 6. The Morgan fingerprint density at radius 2 is 1.97 bits per heavy atom. The fourth-order valence-corrected chi connectivity index (χ4v) is 3.93. The number of nitrogens with zero attached hydrogens (tertiary/aromatic N) is 4. The molecule has 1 heterocycles. The van der Waals surface area contributed by atoms with E-state index in [0.29, 0.717) is 29.7 Å². The molecule has 0 atom stereocenters. The third-order valence-electron chi connectivity index (χ3n) is 4.47. The summed E-state index contributed by atoms with van der Waals surface area (Å²) in [4.78, 5) is 12.2. The molecule has 1 aromatic heterocycles. The van der Waals surface area contributed by atoms with E-state index in [4.69, 9.17) is 4.74 Å². The Hall–Kier alpha value is -2.89. The molecule has 0 aliphatic rings. The van der Waals surface area contributed by atoms with Crippen molar-refractivity contribution in [3.8, 4) is 0 Å². The summed E-state index contributed by atoms with van der Waals surface area (Å²) in [5, 5.41) is 10.6. The summed E-state index contributed by atoms with van der Waals surface area (Å²) in [5.74, 6) is -0.844. The molecule has 11 heteroatoms. The standard InChI is InChI=1S/C19H22FN5O4S/c1-24(13-19(26)21-12-14-3-5-15(20)6-4-14)30(27,28)16-7-8-18-17(11-16)22-23-25(18)9-10-29-2/h3-8,11H,9-10,12-13H2,1-2H3,(H,21,26). The molecule has 3 rings (SSSR count). The average Bonchev–Trinajstić information content (AvgIpc) is 3.14. The zero-order chi connectivity index (χ0) is 21.7. The maximum Gasteiger partial charge on any atom is 0.243 e. The number of ether oxygens (including phenoxy) is 1. The van der Waals surface area contributed by atoms with Crippen LogP contribution < -0.4 is 5.32 Å². The predicted octanol–water partition coefficient (Wildman–Crippen LogP) is 1.15. The van der Waals surface area contributed by atoms with Crippen LogP contribution in [-0.2, 0) is 32.6 Å². The number of methoxy groups -OCH3 is 1. The summed E-state index contributed by atoms with van der Waals surface area (Å²) < 4.78 is 46.2. The number of fused-ring (bicyclic) bond motifs is 1. The fraction of sp³-hybridized carbons (Fsp3) is 0.316. The summed E-state index contributed by atoms with van der Waals surface area (Å²) in [7, 11) is -0.996. The molecule has 160 valence electrons. The van der Waals surface area contributed by atoms with Gasteiger partial charge < -0.3 is 10.1 Å². The molecule has 0 radical (unpaired) electrons. The van der Waals surface area contributed by atoms with Crippen LogP contribution in [0.25, 0.3) is 11.0 Å². The second-order valence-electron chi connectivity index (χ2n) is 6.62. The molecule has 0 fully saturated rings. The van der Waals surface area contributed by atoms with Gasteiger partial charge in [0.2, 0.25) is 15.9 Å². The summed E-state index contributed by atoms with van der Waals surface area (Å²) >= 11 is 0. The van der Waals surface area contributed by atoms with E-state index < -0.39 is 15.9 Å². The summed E-state index contributed by atoms with van der Waals surface area (Å²) in [6.45, 7) is 0.757. The highest BCUT2D eigenvalue weighted by atomic mass is 32.2. The fourth-order valence-electron chi connectivity index (χ4n) is 2.78. The SMILES string of the molecule is COCCn1nnc2cc(S(=O)(=O)N(C)CC(=O)NCc3ccc(F)cc3)ccc21. The van der Waals surface area contributed by atoms with Crippen molar-refractivity contribution in [2.45, 2.75) is 18.0 Å². The minimum absolute atomic E-state index is 0.0163. The predicted molar refractivity (Wildman–Crippen MR) is 107 cm³/mol. The molecule has 0 aliphatic heterocycles. The van der Waals surface area contributed by atoms with Crippen LogP contribution in [0.15, 0.2) is 47.4 Å². The normalized spacial score (nSPS) is 11.9. The lowest BCUT2D eigenvalue weighted by Gasteiger charge is -2.17. The van der Waals surface area contributed by atoms with Gasteiger partial charge in [-0.15, -0.1) is 5.10 Å². The van der Waals surface area contributed by atoms with Gasteiger partial charge in [0, 0.05) is 20.7 Å². The van der Waals surface area contributed by atoms with Crippen molar-refractivity contribution in [2.75, 3.05) is 27.3 Å². The molecule has 3 aromatic rings. The van der Waals surface area contributed by atoms with Crippen molar-refractivity contribution < 1.29 is 22.3 Å². The number of sulfonamides is 1. The summed E-state index contributed by atoms with van der Waals surface area (Å²) in [6, 6.07) is 10.2. The number of carbonyl (C=O) groups is 1. The Morgan fingerprint density at radius 3 is 2.67 bits per heavy atom. The van der Waals surface area contributed by atoms with Crippen molar-refractivity contribution in [1.29, 1.82) is 0 Å². The number of hydrogen-bond donors (Lipinski definition) is 1. The van der Waals surface area contributed by atoms with Gasteiger partial charge in [0.1, 0.15) is 11.3 Å². The first kappa shape index (κ1) is 21.8. The number of amides is 1. The zero-order valence-corrected chi connectivity index (χ0v) is 17.4. The van der Waals surface area contributed by atoms with Crippen LogP contribution >= 0.6 is 0 Å². The number of carbonyl (C=O) groups excluding carboxylic acids is 1. The van der Waals surface area contributed by atoms with Crippen LogP contribution in [0.4, 0.5) is 4.39 Å². The van der Waals surface area contributed by atoms with Crippen LogP contribution in [0.2, 0.25) is 0 Å². The van der Waals surface area contributed by atoms with Gasteiger partial charge in [-0.2, -0.15) is 4.31 Å². The largest absolute Gasteiger partial charge is 0.383 e. The van der Waals surface area contributed by atoms with E-state index in [9.17, 15) is 17.6 Å². The number of likely N-dealkylation sites (N-methyl/N-ethyl adjacent to an activating group) is 1. The molecule has 0 bridgehead atoms. The Kier molecular flexibility index (Phi) is 6.75. The smallest absolute Gasteiger partial charge is 0.243 e. The van der Waals surface area contributed by atoms with Gasteiger partial charge in [-0.05, 0) is 35.9 Å². The first-order valence-electron chi connectivity index (χ1n) is 9.11. The van der Waals surface area contributed by atoms with Gasteiger partial charge in [-0.1, -0.05) is 17.3 Å². The Labute approximate surface area is 173 Å². The maximum atomic E-state index is 12.9. The summed E-state index contributed by atoms with van der Waals surface area (Å²) in [5.41, 5.74) is 1.82. The van der Waals surface area contributed by atoms with Crippen LogP contribution in [0, 0.1) is 5.82 Å². The van der Waals surface area contributed by atoms with Gasteiger partial charge in [0.05, 0.1) is 30.1 Å². The van der Waals surface area contributed by atoms with Crippen molar-refractivity contribution in [3.63, 3.8) is 0 Å². The lowest BCUT2D eigenvalue weighted by atomic mass is 10.2. The van der Waals surface area contributed by atoms with Gasteiger partial charge in [-0.3, -0.25) is 4.79 Å². The molecule has 9 nitrogen and oxygen atoms in total. The first-order chi connectivity index (χ1) is 14.3. The van der Waals surface area contributed by atoms with E-state index in [1.165, 1.54) is 31.3 Å². The minimum atomic E-state index is -3.90. The van der Waals surface area contributed by atoms with E-state index in [0.717, 1.165) is 4.31 Å². The number of halogens is 1. The molecular weight excluding hydrogens is 413 g/mol. The number of aromatic nitrogens is 3. The van der Waals surface area contributed by atoms with E-state index in [1.54, 1.807) is 30.0 Å². The second kappa shape index (κ2) is 9.28. The van der Waals surface area contributed by atoms with E-state index >= 15 is 0 Å². The summed E-state index contributed by atoms with van der Waals surface area (Å²) in [6.07, 6.45) is 0. The van der Waals surface area contributed by atoms with Gasteiger partial charge in [0.15, 0.2) is 0 Å². The van der Waals surface area contributed by atoms with Crippen LogP contribution in [0.3, 0.4) is 0 Å². The Bertz CT molecular complexity index is 1130. The van der Waals surface area contributed by atoms with Crippen molar-refractivity contribution >= 4 is 27.0 Å². The van der Waals surface area contributed by atoms with Gasteiger partial charge >= 0.3 is 0 Å². The lowest BCUT2D eigenvalue weighted by molar-refractivity contribution is -0.121. The van der Waals surface area contributed by atoms with E-state index in [2.05, 4.69) is 15.6 Å². The van der Waals surface area contributed by atoms with Gasteiger partial charge in [0.25, 0.3) is 0 Å². The molecule has 2 aromatic carbocycles. The molecule has 30 heavy (non-hydrogen) atoms. The quantitative estimate of drug-likeness (QED) is 0.541. The Balaban J connectivity index is 1.66. The number of rotatable bonds is 9. The average molecular weight is 435 g/mol. The van der Waals surface area contributed by atoms with Crippen LogP contribution in [0.1, 0.15) is 5.56 Å². The highest BCUT2D eigenvalue weighted by molar-refractivity contribution is 7.89. The van der Waals surface area contributed by atoms with Crippen molar-refractivity contribution in [2.24, 2.45) is 0 Å². The van der Waals surface area contributed by atoms with Gasteiger partial charge in [-0.25, -0.2) is 17.5 Å². The van der Waals surface area contributed by atoms with Crippen molar-refractivity contribution in [1.82, 2.24) is 24.6 Å². The molecule has 0 saturated carbocycles. The van der Waals surface area contributed by atoms with Crippen LogP contribution in [0.5, 0.6) is 0 Å². The first-order valence-corrected chi connectivity index (χ1v) is 10.5. The second-order valence-corrected chi connectivity index (χ2v) is 8.67. The van der Waals surface area contributed by atoms with Crippen LogP contribution in [-0.4, -0.2) is 60.9 Å². The molecule has 0 aliphatic carbocycles. The Morgan fingerprint density at radius 1 is 1.23 bits per heavy atom. The molecule has 0 saturated heterocycles. The lowest BCUT2D eigenvalue weighted by Crippen LogP contribution is -2.38. The minimum Gasteiger partial charge on any atom is -0.383 e.